The molecule has 23 heavy (non-hydrogen) atoms. The van der Waals surface area contributed by atoms with E-state index in [1.807, 2.05) is 0 Å². The van der Waals surface area contributed by atoms with Crippen LogP contribution in [0.4, 0.5) is 0 Å². The molecule has 0 fully saturated rings. The lowest BCUT2D eigenvalue weighted by Gasteiger charge is -2.14. The van der Waals surface area contributed by atoms with Gasteiger partial charge >= 0.3 is 0 Å². The van der Waals surface area contributed by atoms with Gasteiger partial charge in [-0.05, 0) is 12.1 Å². The molecule has 1 rings (SSSR count). The van der Waals surface area contributed by atoms with Crippen molar-refractivity contribution in [1.29, 1.82) is 0 Å². The molecule has 0 bridgehead atoms. The van der Waals surface area contributed by atoms with Gasteiger partial charge in [0.25, 0.3) is 6.47 Å². The van der Waals surface area contributed by atoms with Crippen LogP contribution in [0.1, 0.15) is 0 Å². The molecule has 0 aromatic heterocycles. The fraction of sp³-hybridized carbons (Fsp3) is 0.533. The fourth-order valence-electron chi connectivity index (χ4n) is 1.46. The first-order valence-corrected chi connectivity index (χ1v) is 6.95. The average molecular weight is 330 g/mol. The number of hydrogen-bond acceptors (Lipinski definition) is 8. The smallest absolute Gasteiger partial charge is 0.298 e. The zero-order valence-electron chi connectivity index (χ0n) is 13.3. The Kier molecular flexibility index (Phi) is 10.5. The van der Waals surface area contributed by atoms with Crippen LogP contribution in [0, 0.1) is 0 Å². The molecule has 0 heterocycles. The normalized spacial score (nSPS) is 10.3. The van der Waals surface area contributed by atoms with Gasteiger partial charge in [0.05, 0.1) is 26.4 Å². The first kappa shape index (κ1) is 19.2. The van der Waals surface area contributed by atoms with Crippen molar-refractivity contribution in [2.75, 3.05) is 54.2 Å². The van der Waals surface area contributed by atoms with Crippen LogP contribution < -0.4 is 14.2 Å². The molecule has 0 aliphatic rings. The van der Waals surface area contributed by atoms with Crippen molar-refractivity contribution in [1.82, 2.24) is 0 Å². The first-order chi connectivity index (χ1) is 11.3. The van der Waals surface area contributed by atoms with Gasteiger partial charge in [0, 0.05) is 20.3 Å². The molecule has 0 N–H and O–H groups in total. The maximum Gasteiger partial charge on any atom is 0.298 e. The van der Waals surface area contributed by atoms with E-state index in [1.165, 1.54) is 6.07 Å². The highest BCUT2D eigenvalue weighted by Gasteiger charge is 2.08. The number of benzene rings is 1. The minimum absolute atomic E-state index is 0.00872. The van der Waals surface area contributed by atoms with E-state index >= 15 is 0 Å². The molecule has 0 amide bonds. The maximum atomic E-state index is 10.4. The number of carbonyl (C=O) groups excluding carboxylic acids is 1. The molecule has 0 radical (unpaired) electrons. The third kappa shape index (κ3) is 8.36. The lowest BCUT2D eigenvalue weighted by atomic mass is 10.3. The third-order valence-corrected chi connectivity index (χ3v) is 2.56. The van der Waals surface area contributed by atoms with Crippen molar-refractivity contribution in [3.8, 4) is 17.2 Å². The molecule has 0 atom stereocenters. The second-order valence-electron chi connectivity index (χ2n) is 4.15. The van der Waals surface area contributed by atoms with Crippen molar-refractivity contribution in [3.63, 3.8) is 0 Å². The topological polar surface area (TPSA) is 81.7 Å². The summed E-state index contributed by atoms with van der Waals surface area (Å²) in [4.78, 5) is 10.4. The molecule has 1 aromatic rings. The van der Waals surface area contributed by atoms with Gasteiger partial charge in [-0.3, -0.25) is 4.79 Å². The summed E-state index contributed by atoms with van der Waals surface area (Å²) in [6.07, 6.45) is 0. The quantitative estimate of drug-likeness (QED) is 0.286. The van der Waals surface area contributed by atoms with Crippen LogP contribution >= 0.6 is 0 Å². The van der Waals surface area contributed by atoms with Gasteiger partial charge in [-0.2, -0.15) is 0 Å². The van der Waals surface area contributed by atoms with Gasteiger partial charge in [-0.15, -0.1) is 0 Å². The van der Waals surface area contributed by atoms with Gasteiger partial charge < -0.3 is 33.2 Å². The van der Waals surface area contributed by atoms with E-state index in [2.05, 4.69) is 0 Å². The summed E-state index contributed by atoms with van der Waals surface area (Å²) in [5.41, 5.74) is 0. The average Bonchev–Trinajstić information content (AvgIpc) is 2.56. The van der Waals surface area contributed by atoms with Gasteiger partial charge in [-0.25, -0.2) is 0 Å². The van der Waals surface area contributed by atoms with Crippen LogP contribution in [0.15, 0.2) is 18.2 Å². The monoisotopic (exact) mass is 330 g/mol. The Hall–Kier alpha value is -1.87. The summed E-state index contributed by atoms with van der Waals surface area (Å²) >= 11 is 0. The summed E-state index contributed by atoms with van der Waals surface area (Å²) in [7, 11) is 3.17. The van der Waals surface area contributed by atoms with Crippen molar-refractivity contribution in [2.45, 2.75) is 0 Å². The predicted molar refractivity (Wildman–Crippen MR) is 79.8 cm³/mol. The second kappa shape index (κ2) is 12.7. The number of ether oxygens (including phenoxy) is 7. The lowest BCUT2D eigenvalue weighted by Crippen LogP contribution is -2.10. The number of rotatable bonds is 14. The molecule has 0 spiro atoms. The third-order valence-electron chi connectivity index (χ3n) is 2.56. The van der Waals surface area contributed by atoms with Crippen LogP contribution in [0.3, 0.4) is 0 Å². The summed E-state index contributed by atoms with van der Waals surface area (Å²) in [6, 6.07) is 4.72. The molecule has 130 valence electrons. The molecule has 0 saturated carbocycles. The Labute approximate surface area is 135 Å². The zero-order valence-corrected chi connectivity index (χ0v) is 13.3. The van der Waals surface area contributed by atoms with Gasteiger partial charge in [0.15, 0.2) is 25.1 Å². The van der Waals surface area contributed by atoms with Crippen LogP contribution in [-0.2, 0) is 23.7 Å². The molecule has 1 aromatic carbocycles. The Morgan fingerprint density at radius 3 is 2.04 bits per heavy atom. The maximum absolute atomic E-state index is 10.4. The number of hydrogen-bond donors (Lipinski definition) is 0. The van der Waals surface area contributed by atoms with Gasteiger partial charge in [0.1, 0.15) is 5.75 Å². The minimum Gasteiger partial charge on any atom is -0.464 e. The largest absolute Gasteiger partial charge is 0.464 e. The van der Waals surface area contributed by atoms with Crippen LogP contribution in [0.2, 0.25) is 0 Å². The highest BCUT2D eigenvalue weighted by molar-refractivity contribution is 5.51. The molecule has 8 heteroatoms. The van der Waals surface area contributed by atoms with E-state index in [1.54, 1.807) is 26.4 Å². The van der Waals surface area contributed by atoms with Crippen molar-refractivity contribution >= 4 is 6.47 Å². The zero-order chi connectivity index (χ0) is 16.8. The molecule has 0 aliphatic carbocycles. The number of carbonyl (C=O) groups is 1. The minimum atomic E-state index is 0.00872. The Balaban J connectivity index is 2.53. The summed E-state index contributed by atoms with van der Waals surface area (Å²) in [6.45, 7) is 2.15. The highest BCUT2D eigenvalue weighted by Crippen LogP contribution is 2.31. The van der Waals surface area contributed by atoms with Crippen LogP contribution in [0.25, 0.3) is 0 Å². The Morgan fingerprint density at radius 2 is 1.48 bits per heavy atom. The van der Waals surface area contributed by atoms with E-state index in [0.29, 0.717) is 50.1 Å². The Bertz CT molecular complexity index is 437. The predicted octanol–water partition coefficient (Wildman–Crippen LogP) is 1.22. The molecular weight excluding hydrogens is 308 g/mol. The number of methoxy groups -OCH3 is 2. The molecule has 0 unspecified atom stereocenters. The van der Waals surface area contributed by atoms with Crippen LogP contribution in [-0.4, -0.2) is 60.7 Å². The van der Waals surface area contributed by atoms with E-state index in [-0.39, 0.29) is 13.6 Å². The molecule has 0 saturated heterocycles. The van der Waals surface area contributed by atoms with E-state index < -0.39 is 0 Å². The second-order valence-corrected chi connectivity index (χ2v) is 4.15. The van der Waals surface area contributed by atoms with Gasteiger partial charge in [-0.1, -0.05) is 0 Å². The van der Waals surface area contributed by atoms with E-state index in [0.717, 1.165) is 0 Å². The lowest BCUT2D eigenvalue weighted by molar-refractivity contribution is -0.120. The van der Waals surface area contributed by atoms with Crippen molar-refractivity contribution in [2.24, 2.45) is 0 Å². The molecule has 8 nitrogen and oxygen atoms in total. The van der Waals surface area contributed by atoms with Crippen LogP contribution in [0.5, 0.6) is 17.2 Å². The Morgan fingerprint density at radius 1 is 0.870 bits per heavy atom. The van der Waals surface area contributed by atoms with Gasteiger partial charge in [0.2, 0.25) is 0 Å². The summed E-state index contributed by atoms with van der Waals surface area (Å²) in [5.74, 6) is 1.15. The highest BCUT2D eigenvalue weighted by atomic mass is 16.7. The van der Waals surface area contributed by atoms with E-state index in [9.17, 15) is 4.79 Å². The first-order valence-electron chi connectivity index (χ1n) is 6.95. The SMILES string of the molecule is COCCOCOc1ccc(OC=O)cc1OCOCCOC. The standard InChI is InChI=1S/C15H22O8/c1-17-5-7-19-11-22-14-4-3-13(21-10-16)9-15(14)23-12-20-8-6-18-2/h3-4,9-10H,5-8,11-12H2,1-2H3. The summed E-state index contributed by atoms with van der Waals surface area (Å²) in [5, 5.41) is 0. The molecular formula is C15H22O8. The van der Waals surface area contributed by atoms with E-state index in [4.69, 9.17) is 33.2 Å². The van der Waals surface area contributed by atoms with Crippen molar-refractivity contribution < 1.29 is 38.0 Å². The molecule has 0 aliphatic heterocycles. The fourth-order valence-corrected chi connectivity index (χ4v) is 1.46. The summed E-state index contributed by atoms with van der Waals surface area (Å²) < 4.78 is 35.9. The van der Waals surface area contributed by atoms with Crippen molar-refractivity contribution in [3.05, 3.63) is 18.2 Å².